The van der Waals surface area contributed by atoms with Crippen LogP contribution in [0.25, 0.3) is 10.9 Å². The number of para-hydroxylation sites is 1. The highest BCUT2D eigenvalue weighted by atomic mass is 14.7. The summed E-state index contributed by atoms with van der Waals surface area (Å²) in [5, 5.41) is 1.42. The molecule has 1 aromatic heterocycles. The molecule has 3 rings (SSSR count). The molecule has 1 saturated carbocycles. The van der Waals surface area contributed by atoms with Gasteiger partial charge in [0.2, 0.25) is 0 Å². The van der Waals surface area contributed by atoms with E-state index in [1.165, 1.54) is 29.3 Å². The fraction of sp³-hybridized carbons (Fsp3) is 0.385. The van der Waals surface area contributed by atoms with Crippen molar-refractivity contribution in [1.29, 1.82) is 0 Å². The van der Waals surface area contributed by atoms with Gasteiger partial charge in [0.1, 0.15) is 0 Å². The number of hydrogen-bond acceptors (Lipinski definition) is 0. The number of nitrogens with one attached hydrogen (secondary N) is 1. The number of H-pyrrole nitrogens is 1. The molecule has 1 aliphatic carbocycles. The lowest BCUT2D eigenvalue weighted by molar-refractivity contribution is 0.290. The summed E-state index contributed by atoms with van der Waals surface area (Å²) in [6.45, 7) is 2.34. The van der Waals surface area contributed by atoms with Gasteiger partial charge in [0.25, 0.3) is 0 Å². The molecule has 14 heavy (non-hydrogen) atoms. The van der Waals surface area contributed by atoms with Crippen molar-refractivity contribution in [3.8, 4) is 0 Å². The van der Waals surface area contributed by atoms with Gasteiger partial charge >= 0.3 is 0 Å². The van der Waals surface area contributed by atoms with E-state index >= 15 is 0 Å². The normalized spacial score (nSPS) is 26.4. The van der Waals surface area contributed by atoms with E-state index in [2.05, 4.69) is 42.4 Å². The topological polar surface area (TPSA) is 15.8 Å². The largest absolute Gasteiger partial charge is 0.361 e. The fourth-order valence-corrected chi connectivity index (χ4v) is 2.59. The lowest BCUT2D eigenvalue weighted by atomic mass is 9.72. The molecular formula is C13H15N. The van der Waals surface area contributed by atoms with Crippen LogP contribution in [0.5, 0.6) is 0 Å². The molecule has 1 N–H and O–H groups in total. The van der Waals surface area contributed by atoms with E-state index in [1.54, 1.807) is 0 Å². The van der Waals surface area contributed by atoms with Crippen LogP contribution in [0.1, 0.15) is 31.2 Å². The molecule has 0 amide bonds. The van der Waals surface area contributed by atoms with Crippen molar-refractivity contribution in [3.05, 3.63) is 36.0 Å². The Bertz CT molecular complexity index is 449. The molecule has 2 aromatic rings. The van der Waals surface area contributed by atoms with Crippen LogP contribution < -0.4 is 0 Å². The lowest BCUT2D eigenvalue weighted by Crippen LogP contribution is -2.18. The predicted molar refractivity (Wildman–Crippen MR) is 59.4 cm³/mol. The fourth-order valence-electron chi connectivity index (χ4n) is 2.59. The smallest absolute Gasteiger partial charge is 0.0456 e. The van der Waals surface area contributed by atoms with Crippen molar-refractivity contribution in [1.82, 2.24) is 4.98 Å². The first-order chi connectivity index (χ1) is 6.84. The molecule has 0 aliphatic heterocycles. The van der Waals surface area contributed by atoms with Gasteiger partial charge in [-0.15, -0.1) is 0 Å². The molecule has 1 nitrogen and oxygen atoms in total. The highest BCUT2D eigenvalue weighted by Gasteiger charge is 2.28. The van der Waals surface area contributed by atoms with Gasteiger partial charge in [-0.25, -0.2) is 0 Å². The highest BCUT2D eigenvalue weighted by molar-refractivity contribution is 5.83. The number of rotatable bonds is 1. The van der Waals surface area contributed by atoms with Crippen molar-refractivity contribution in [2.75, 3.05) is 0 Å². The Morgan fingerprint density at radius 1 is 1.21 bits per heavy atom. The van der Waals surface area contributed by atoms with E-state index in [0.29, 0.717) is 0 Å². The number of fused-ring (bicyclic) bond motifs is 1. The molecule has 0 spiro atoms. The van der Waals surface area contributed by atoms with Gasteiger partial charge in [-0.2, -0.15) is 0 Å². The molecule has 1 heteroatoms. The zero-order valence-electron chi connectivity index (χ0n) is 8.46. The van der Waals surface area contributed by atoms with Gasteiger partial charge in [0.05, 0.1) is 0 Å². The predicted octanol–water partition coefficient (Wildman–Crippen LogP) is 3.68. The Hall–Kier alpha value is -1.24. The van der Waals surface area contributed by atoms with E-state index in [1.807, 2.05) is 0 Å². The van der Waals surface area contributed by atoms with Crippen LogP contribution in [-0.2, 0) is 0 Å². The molecule has 0 atom stereocenters. The average Bonchev–Trinajstić information content (AvgIpc) is 2.56. The minimum absolute atomic E-state index is 0.807. The van der Waals surface area contributed by atoms with Crippen molar-refractivity contribution >= 4 is 10.9 Å². The van der Waals surface area contributed by atoms with Crippen LogP contribution in [0.3, 0.4) is 0 Å². The summed E-state index contributed by atoms with van der Waals surface area (Å²) in [5.74, 6) is 1.73. The zero-order chi connectivity index (χ0) is 9.54. The van der Waals surface area contributed by atoms with Gasteiger partial charge < -0.3 is 4.98 Å². The third-order valence-corrected chi connectivity index (χ3v) is 3.43. The Morgan fingerprint density at radius 2 is 2.00 bits per heavy atom. The average molecular weight is 185 g/mol. The molecule has 1 fully saturated rings. The Kier molecular flexibility index (Phi) is 1.66. The van der Waals surface area contributed by atoms with Crippen LogP contribution in [0.4, 0.5) is 0 Å². The molecular weight excluding hydrogens is 170 g/mol. The Labute approximate surface area is 84.1 Å². The zero-order valence-corrected chi connectivity index (χ0v) is 8.46. The summed E-state index contributed by atoms with van der Waals surface area (Å²) < 4.78 is 0. The van der Waals surface area contributed by atoms with E-state index in [9.17, 15) is 0 Å². The first kappa shape index (κ1) is 8.10. The second kappa shape index (κ2) is 2.88. The van der Waals surface area contributed by atoms with Crippen LogP contribution in [-0.4, -0.2) is 4.98 Å². The quantitative estimate of drug-likeness (QED) is 0.697. The van der Waals surface area contributed by atoms with Gasteiger partial charge in [-0.3, -0.25) is 0 Å². The number of aromatic nitrogens is 1. The monoisotopic (exact) mass is 185 g/mol. The third-order valence-electron chi connectivity index (χ3n) is 3.43. The summed E-state index contributed by atoms with van der Waals surface area (Å²) in [5.41, 5.74) is 2.81. The summed E-state index contributed by atoms with van der Waals surface area (Å²) in [6.07, 6.45) is 4.92. The van der Waals surface area contributed by atoms with E-state index in [4.69, 9.17) is 0 Å². The minimum Gasteiger partial charge on any atom is -0.361 e. The summed E-state index contributed by atoms with van der Waals surface area (Å²) in [7, 11) is 0. The highest BCUT2D eigenvalue weighted by Crippen LogP contribution is 2.43. The molecule has 0 bridgehead atoms. The SMILES string of the molecule is CC1CC(c2c[nH]c3ccccc23)C1. The second-order valence-electron chi connectivity index (χ2n) is 4.56. The van der Waals surface area contributed by atoms with Crippen LogP contribution in [0.15, 0.2) is 30.5 Å². The summed E-state index contributed by atoms with van der Waals surface area (Å²) in [6, 6.07) is 8.60. The molecule has 0 radical (unpaired) electrons. The van der Waals surface area contributed by atoms with Crippen molar-refractivity contribution in [2.45, 2.75) is 25.7 Å². The summed E-state index contributed by atoms with van der Waals surface area (Å²) >= 11 is 0. The Balaban J connectivity index is 2.05. The van der Waals surface area contributed by atoms with Crippen LogP contribution in [0.2, 0.25) is 0 Å². The van der Waals surface area contributed by atoms with E-state index in [-0.39, 0.29) is 0 Å². The number of hydrogen-bond donors (Lipinski definition) is 1. The maximum absolute atomic E-state index is 3.35. The van der Waals surface area contributed by atoms with Gasteiger partial charge in [-0.1, -0.05) is 25.1 Å². The maximum Gasteiger partial charge on any atom is 0.0456 e. The first-order valence-corrected chi connectivity index (χ1v) is 5.40. The van der Waals surface area contributed by atoms with Crippen molar-refractivity contribution in [2.24, 2.45) is 5.92 Å². The van der Waals surface area contributed by atoms with Crippen molar-refractivity contribution in [3.63, 3.8) is 0 Å². The molecule has 0 unspecified atom stereocenters. The van der Waals surface area contributed by atoms with E-state index in [0.717, 1.165) is 11.8 Å². The maximum atomic E-state index is 3.35. The standard InChI is InChI=1S/C13H15N/c1-9-6-10(7-9)12-8-14-13-5-3-2-4-11(12)13/h2-5,8-10,14H,6-7H2,1H3. The Morgan fingerprint density at radius 3 is 2.79 bits per heavy atom. The number of benzene rings is 1. The molecule has 1 aromatic carbocycles. The van der Waals surface area contributed by atoms with Crippen LogP contribution >= 0.6 is 0 Å². The second-order valence-corrected chi connectivity index (χ2v) is 4.56. The van der Waals surface area contributed by atoms with Gasteiger partial charge in [-0.05, 0) is 36.3 Å². The van der Waals surface area contributed by atoms with Gasteiger partial charge in [0, 0.05) is 17.1 Å². The molecule has 1 aliphatic rings. The molecule has 1 heterocycles. The first-order valence-electron chi connectivity index (χ1n) is 5.40. The van der Waals surface area contributed by atoms with Gasteiger partial charge in [0.15, 0.2) is 0 Å². The van der Waals surface area contributed by atoms with Crippen LogP contribution in [0, 0.1) is 5.92 Å². The third kappa shape index (κ3) is 1.08. The lowest BCUT2D eigenvalue weighted by Gasteiger charge is -2.32. The van der Waals surface area contributed by atoms with E-state index < -0.39 is 0 Å². The number of aromatic amines is 1. The molecule has 0 saturated heterocycles. The summed E-state index contributed by atoms with van der Waals surface area (Å²) in [4.78, 5) is 3.35. The molecule has 72 valence electrons. The minimum atomic E-state index is 0.807. The van der Waals surface area contributed by atoms with Crippen molar-refractivity contribution < 1.29 is 0 Å².